The Labute approximate surface area is 238 Å². The van der Waals surface area contributed by atoms with Gasteiger partial charge in [-0.05, 0) is 56.5 Å². The molecule has 210 valence electrons. The Morgan fingerprint density at radius 3 is 2.48 bits per heavy atom. The number of rotatable bonds is 10. The van der Waals surface area contributed by atoms with Crippen molar-refractivity contribution in [3.05, 3.63) is 74.8 Å². The van der Waals surface area contributed by atoms with E-state index in [9.17, 15) is 19.5 Å². The number of thiazole rings is 1. The molecule has 2 heterocycles. The Hall–Kier alpha value is -3.98. The third kappa shape index (κ3) is 5.51. The zero-order valence-electron chi connectivity index (χ0n) is 23.7. The number of carbonyl (C=O) groups excluding carboxylic acids is 3. The fourth-order valence-corrected chi connectivity index (χ4v) is 5.79. The largest absolute Gasteiger partial charge is 0.507 e. The molecule has 1 saturated heterocycles. The summed E-state index contributed by atoms with van der Waals surface area (Å²) in [7, 11) is 1.52. The molecule has 1 amide bonds. The summed E-state index contributed by atoms with van der Waals surface area (Å²) in [4.78, 5) is 45.5. The first-order chi connectivity index (χ1) is 19.1. The number of hydrogen-bond donors (Lipinski definition) is 1. The number of Topliss-reactive ketones (excluding diaryl/α,β-unsaturated/α-hetero) is 2. The average Bonchev–Trinajstić information content (AvgIpc) is 3.44. The lowest BCUT2D eigenvalue weighted by molar-refractivity contribution is -0.132. The molecule has 1 N–H and O–H groups in total. The third-order valence-corrected chi connectivity index (χ3v) is 8.17. The van der Waals surface area contributed by atoms with Crippen molar-refractivity contribution in [2.75, 3.05) is 18.6 Å². The molecule has 1 aromatic heterocycles. The van der Waals surface area contributed by atoms with Gasteiger partial charge < -0.3 is 14.6 Å². The molecule has 4 rings (SSSR count). The summed E-state index contributed by atoms with van der Waals surface area (Å²) in [6, 6.07) is 9.75. The molecule has 0 aliphatic carbocycles. The van der Waals surface area contributed by atoms with Gasteiger partial charge in [0.2, 0.25) is 0 Å². The monoisotopic (exact) mass is 562 g/mol. The van der Waals surface area contributed by atoms with Crippen molar-refractivity contribution in [2.24, 2.45) is 0 Å². The smallest absolute Gasteiger partial charge is 0.301 e. The van der Waals surface area contributed by atoms with Gasteiger partial charge in [-0.1, -0.05) is 54.9 Å². The number of carbonyl (C=O) groups is 3. The fourth-order valence-electron chi connectivity index (χ4n) is 4.80. The van der Waals surface area contributed by atoms with Gasteiger partial charge in [-0.3, -0.25) is 19.3 Å². The first kappa shape index (κ1) is 29.0. The van der Waals surface area contributed by atoms with Gasteiger partial charge in [0.25, 0.3) is 5.78 Å². The van der Waals surface area contributed by atoms with Crippen LogP contribution in [0, 0.1) is 20.8 Å². The summed E-state index contributed by atoms with van der Waals surface area (Å²) in [5.41, 5.74) is 3.05. The molecule has 1 unspecified atom stereocenters. The lowest BCUT2D eigenvalue weighted by Gasteiger charge is -2.24. The minimum absolute atomic E-state index is 0.0606. The number of aliphatic hydroxyl groups excluding tert-OH is 1. The highest BCUT2D eigenvalue weighted by Crippen LogP contribution is 2.45. The minimum atomic E-state index is -1.01. The Bertz CT molecular complexity index is 1510. The van der Waals surface area contributed by atoms with Crippen molar-refractivity contribution < 1.29 is 29.0 Å². The summed E-state index contributed by atoms with van der Waals surface area (Å²) < 4.78 is 11.6. The van der Waals surface area contributed by atoms with E-state index in [0.717, 1.165) is 41.7 Å². The molecule has 2 aromatic carbocycles. The minimum Gasteiger partial charge on any atom is -0.507 e. The Kier molecular flexibility index (Phi) is 8.73. The third-order valence-electron chi connectivity index (χ3n) is 6.91. The molecular weight excluding hydrogens is 528 g/mol. The van der Waals surface area contributed by atoms with Crippen LogP contribution in [0.1, 0.15) is 76.8 Å². The van der Waals surface area contributed by atoms with E-state index in [1.54, 1.807) is 31.2 Å². The van der Waals surface area contributed by atoms with Gasteiger partial charge in [0, 0.05) is 12.5 Å². The number of ether oxygens (including phenoxy) is 2. The normalized spacial score (nSPS) is 16.4. The number of aromatic nitrogens is 1. The van der Waals surface area contributed by atoms with Crippen molar-refractivity contribution >= 4 is 39.7 Å². The van der Waals surface area contributed by atoms with Gasteiger partial charge in [0.05, 0.1) is 35.9 Å². The van der Waals surface area contributed by atoms with Crippen molar-refractivity contribution in [3.8, 4) is 11.5 Å². The van der Waals surface area contributed by atoms with E-state index >= 15 is 0 Å². The first-order valence-corrected chi connectivity index (χ1v) is 14.1. The SMILES string of the molecule is CCCCCOc1ccc(C2C(=C(O)c3cc(C)ccc3C)C(=O)C(=O)N2c2nc(C)c(C(C)=O)s2)cc1OC. The molecule has 0 bridgehead atoms. The molecule has 0 spiro atoms. The molecule has 3 aromatic rings. The molecule has 40 heavy (non-hydrogen) atoms. The van der Waals surface area contributed by atoms with Crippen LogP contribution in [0.15, 0.2) is 42.0 Å². The summed E-state index contributed by atoms with van der Waals surface area (Å²) in [5.74, 6) is -1.15. The summed E-state index contributed by atoms with van der Waals surface area (Å²) in [5, 5.41) is 11.8. The van der Waals surface area contributed by atoms with Crippen molar-refractivity contribution in [3.63, 3.8) is 0 Å². The van der Waals surface area contributed by atoms with Crippen LogP contribution in [-0.4, -0.2) is 41.3 Å². The molecule has 9 heteroatoms. The van der Waals surface area contributed by atoms with E-state index in [1.165, 1.54) is 18.9 Å². The first-order valence-electron chi connectivity index (χ1n) is 13.3. The second kappa shape index (κ2) is 12.0. The standard InChI is InChI=1S/C31H34N2O6S/c1-7-8-9-14-39-23-13-12-21(16-24(23)38-6)26-25(27(35)22-15-17(2)10-11-18(22)3)28(36)30(37)33(26)31-32-19(4)29(40-31)20(5)34/h10-13,15-16,26,35H,7-9,14H2,1-6H3. The average molecular weight is 563 g/mol. The lowest BCUT2D eigenvalue weighted by Crippen LogP contribution is -2.29. The maximum Gasteiger partial charge on any atom is 0.301 e. The maximum atomic E-state index is 13.6. The van der Waals surface area contributed by atoms with Crippen LogP contribution in [0.5, 0.6) is 11.5 Å². The van der Waals surface area contributed by atoms with Crippen LogP contribution in [0.25, 0.3) is 5.76 Å². The number of unbranched alkanes of at least 4 members (excludes halogenated alkanes) is 2. The van der Waals surface area contributed by atoms with Gasteiger partial charge >= 0.3 is 5.91 Å². The Morgan fingerprint density at radius 1 is 1.07 bits per heavy atom. The molecular formula is C31H34N2O6S. The van der Waals surface area contributed by atoms with Crippen molar-refractivity contribution in [1.82, 2.24) is 4.98 Å². The van der Waals surface area contributed by atoms with E-state index in [-0.39, 0.29) is 22.2 Å². The fraction of sp³-hybridized carbons (Fsp3) is 0.355. The summed E-state index contributed by atoms with van der Waals surface area (Å²) in [6.45, 7) is 9.48. The number of methoxy groups -OCH3 is 1. The highest BCUT2D eigenvalue weighted by molar-refractivity contribution is 7.18. The lowest BCUT2D eigenvalue weighted by atomic mass is 9.93. The quantitative estimate of drug-likeness (QED) is 0.0992. The predicted octanol–water partition coefficient (Wildman–Crippen LogP) is 6.47. The van der Waals surface area contributed by atoms with E-state index in [0.29, 0.717) is 39.8 Å². The molecule has 8 nitrogen and oxygen atoms in total. The van der Waals surface area contributed by atoms with Gasteiger partial charge in [-0.15, -0.1) is 0 Å². The molecule has 1 atom stereocenters. The van der Waals surface area contributed by atoms with Crippen LogP contribution >= 0.6 is 11.3 Å². The van der Waals surface area contributed by atoms with Gasteiger partial charge in [-0.25, -0.2) is 4.98 Å². The molecule has 0 radical (unpaired) electrons. The van der Waals surface area contributed by atoms with Crippen LogP contribution in [-0.2, 0) is 9.59 Å². The highest BCUT2D eigenvalue weighted by Gasteiger charge is 2.48. The highest BCUT2D eigenvalue weighted by atomic mass is 32.1. The van der Waals surface area contributed by atoms with Crippen LogP contribution in [0.3, 0.4) is 0 Å². The molecule has 1 aliphatic heterocycles. The van der Waals surface area contributed by atoms with Crippen LogP contribution in [0.2, 0.25) is 0 Å². The number of benzene rings is 2. The molecule has 1 fully saturated rings. The van der Waals surface area contributed by atoms with Gasteiger partial charge in [0.15, 0.2) is 22.4 Å². The van der Waals surface area contributed by atoms with E-state index in [2.05, 4.69) is 11.9 Å². The number of anilines is 1. The summed E-state index contributed by atoms with van der Waals surface area (Å²) >= 11 is 1.05. The zero-order chi connectivity index (χ0) is 29.1. The van der Waals surface area contributed by atoms with Crippen molar-refractivity contribution in [1.29, 1.82) is 0 Å². The second-order valence-corrected chi connectivity index (χ2v) is 10.9. The Morgan fingerprint density at radius 2 is 1.82 bits per heavy atom. The van der Waals surface area contributed by atoms with E-state index in [1.807, 2.05) is 26.0 Å². The number of amides is 1. The topological polar surface area (TPSA) is 106 Å². The zero-order valence-corrected chi connectivity index (χ0v) is 24.5. The van der Waals surface area contributed by atoms with Gasteiger partial charge in [-0.2, -0.15) is 0 Å². The van der Waals surface area contributed by atoms with Crippen molar-refractivity contribution in [2.45, 2.75) is 59.9 Å². The number of aryl methyl sites for hydroxylation is 3. The second-order valence-electron chi connectivity index (χ2n) is 9.92. The number of nitrogens with zero attached hydrogens (tertiary/aromatic N) is 2. The van der Waals surface area contributed by atoms with E-state index in [4.69, 9.17) is 9.47 Å². The number of aliphatic hydroxyl groups is 1. The predicted molar refractivity (Wildman–Crippen MR) is 156 cm³/mol. The maximum absolute atomic E-state index is 13.6. The van der Waals surface area contributed by atoms with Gasteiger partial charge in [0.1, 0.15) is 5.76 Å². The summed E-state index contributed by atoms with van der Waals surface area (Å²) in [6.07, 6.45) is 3.02. The number of hydrogen-bond acceptors (Lipinski definition) is 8. The molecule has 0 saturated carbocycles. The van der Waals surface area contributed by atoms with Crippen LogP contribution in [0.4, 0.5) is 5.13 Å². The molecule has 1 aliphatic rings. The Balaban J connectivity index is 1.91. The number of ketones is 2. The van der Waals surface area contributed by atoms with E-state index < -0.39 is 17.7 Å². The van der Waals surface area contributed by atoms with Crippen LogP contribution < -0.4 is 14.4 Å².